The average Bonchev–Trinajstić information content (AvgIpc) is 3.54. The predicted molar refractivity (Wildman–Crippen MR) is 120 cm³/mol. The molecule has 5 aromatic rings. The number of allylic oxidation sites excluding steroid dienone is 1. The number of benzene rings is 2. The number of nitriles is 1. The number of hydrogen-bond acceptors (Lipinski definition) is 4. The third-order valence-corrected chi connectivity index (χ3v) is 5.74. The van der Waals surface area contributed by atoms with Crippen molar-refractivity contribution in [1.29, 1.82) is 5.26 Å². The van der Waals surface area contributed by atoms with Crippen molar-refractivity contribution in [2.75, 3.05) is 0 Å². The molecule has 6 heteroatoms. The van der Waals surface area contributed by atoms with Gasteiger partial charge < -0.3 is 4.57 Å². The fourth-order valence-corrected chi connectivity index (χ4v) is 4.16. The van der Waals surface area contributed by atoms with Gasteiger partial charge in [0.2, 0.25) is 0 Å². The van der Waals surface area contributed by atoms with Crippen LogP contribution in [0.4, 0.5) is 0 Å². The van der Waals surface area contributed by atoms with E-state index in [1.807, 2.05) is 87.6 Å². The molecule has 0 aliphatic rings. The summed E-state index contributed by atoms with van der Waals surface area (Å²) in [5, 5.41) is 16.7. The van der Waals surface area contributed by atoms with Crippen LogP contribution in [0.25, 0.3) is 33.4 Å². The molecular weight excluding hydrogens is 390 g/mol. The molecule has 3 heterocycles. The number of hydrogen-bond donors (Lipinski definition) is 0. The zero-order chi connectivity index (χ0) is 20.3. The quantitative estimate of drug-likeness (QED) is 0.359. The smallest absolute Gasteiger partial charge is 0.110 e. The Kier molecular flexibility index (Phi) is 4.72. The maximum atomic E-state index is 9.83. The number of para-hydroxylation sites is 3. The van der Waals surface area contributed by atoms with Gasteiger partial charge in [-0.2, -0.15) is 10.4 Å². The first-order chi connectivity index (χ1) is 14.8. The van der Waals surface area contributed by atoms with Gasteiger partial charge in [0, 0.05) is 11.8 Å². The molecule has 0 spiro atoms. The molecule has 0 aliphatic heterocycles. The number of nitrogens with zero attached hydrogens (tertiary/aromatic N) is 5. The van der Waals surface area contributed by atoms with Gasteiger partial charge in [-0.25, -0.2) is 9.67 Å². The lowest BCUT2D eigenvalue weighted by atomic mass is 10.1. The van der Waals surface area contributed by atoms with Crippen molar-refractivity contribution < 1.29 is 0 Å². The van der Waals surface area contributed by atoms with Crippen molar-refractivity contribution in [3.8, 4) is 22.3 Å². The molecule has 0 aliphatic carbocycles. The molecule has 5 nitrogen and oxygen atoms in total. The Hall–Kier alpha value is -3.95. The number of aromatic nitrogens is 4. The van der Waals surface area contributed by atoms with Gasteiger partial charge >= 0.3 is 0 Å². The minimum Gasteiger partial charge on any atom is -0.325 e. The minimum atomic E-state index is 0.456. The average molecular weight is 408 g/mol. The summed E-state index contributed by atoms with van der Waals surface area (Å²) in [7, 11) is 0. The van der Waals surface area contributed by atoms with Crippen molar-refractivity contribution in [3.63, 3.8) is 0 Å². The Labute approximate surface area is 177 Å². The van der Waals surface area contributed by atoms with E-state index >= 15 is 0 Å². The topological polar surface area (TPSA) is 59.4 Å². The summed E-state index contributed by atoms with van der Waals surface area (Å²) >= 11 is 1.64. The first-order valence-electron chi connectivity index (χ1n) is 9.51. The molecular formula is C24H17N5S. The fraction of sp³-hybridized carbons (Fsp3) is 0.0417. The summed E-state index contributed by atoms with van der Waals surface area (Å²) in [6, 6.07) is 24.3. The summed E-state index contributed by atoms with van der Waals surface area (Å²) in [5.41, 5.74) is 5.35. The van der Waals surface area contributed by atoms with E-state index in [2.05, 4.69) is 17.1 Å². The van der Waals surface area contributed by atoms with E-state index in [4.69, 9.17) is 5.10 Å². The third-order valence-electron chi connectivity index (χ3n) is 4.86. The first kappa shape index (κ1) is 18.1. The predicted octanol–water partition coefficient (Wildman–Crippen LogP) is 5.56. The molecule has 0 radical (unpaired) electrons. The fourth-order valence-electron chi connectivity index (χ4n) is 3.43. The molecule has 5 rings (SSSR count). The SMILES string of the molecule is N#C/C(=C\c1cn(-c2ccccc2)nc1-c1cccs1)Cn1cnc2ccccc21. The van der Waals surface area contributed by atoms with E-state index < -0.39 is 0 Å². The van der Waals surface area contributed by atoms with Crippen LogP contribution in [0.3, 0.4) is 0 Å². The monoisotopic (exact) mass is 407 g/mol. The van der Waals surface area contributed by atoms with Crippen molar-refractivity contribution in [3.05, 3.63) is 95.8 Å². The maximum absolute atomic E-state index is 9.83. The summed E-state index contributed by atoms with van der Waals surface area (Å²) < 4.78 is 3.86. The van der Waals surface area contributed by atoms with E-state index in [9.17, 15) is 5.26 Å². The second kappa shape index (κ2) is 7.82. The van der Waals surface area contributed by atoms with Crippen molar-refractivity contribution in [2.45, 2.75) is 6.54 Å². The summed E-state index contributed by atoms with van der Waals surface area (Å²) in [6.07, 6.45) is 5.69. The van der Waals surface area contributed by atoms with E-state index in [0.717, 1.165) is 32.9 Å². The standard InChI is InChI=1S/C24H17N5S/c25-14-18(15-28-17-26-21-9-4-5-10-22(21)28)13-19-16-29(20-7-2-1-3-8-20)27-24(19)23-11-6-12-30-23/h1-13,16-17H,15H2/b18-13+. The van der Waals surface area contributed by atoms with E-state index in [1.54, 1.807) is 17.7 Å². The molecule has 0 saturated carbocycles. The van der Waals surface area contributed by atoms with Crippen molar-refractivity contribution >= 4 is 28.4 Å². The Morgan fingerprint density at radius 2 is 1.87 bits per heavy atom. The lowest BCUT2D eigenvalue weighted by Gasteiger charge is -2.03. The highest BCUT2D eigenvalue weighted by atomic mass is 32.1. The highest BCUT2D eigenvalue weighted by Gasteiger charge is 2.13. The Morgan fingerprint density at radius 3 is 2.67 bits per heavy atom. The van der Waals surface area contributed by atoms with Gasteiger partial charge in [0.1, 0.15) is 5.69 Å². The molecule has 144 valence electrons. The molecule has 0 bridgehead atoms. The molecule has 2 aromatic carbocycles. The van der Waals surface area contributed by atoms with E-state index in [-0.39, 0.29) is 0 Å². The molecule has 0 N–H and O–H groups in total. The van der Waals surface area contributed by atoms with Crippen molar-refractivity contribution in [1.82, 2.24) is 19.3 Å². The molecule has 0 atom stereocenters. The van der Waals surface area contributed by atoms with Crippen LogP contribution in [0, 0.1) is 11.3 Å². The summed E-state index contributed by atoms with van der Waals surface area (Å²) in [5.74, 6) is 0. The normalized spacial score (nSPS) is 11.6. The van der Waals surface area contributed by atoms with Gasteiger partial charge in [0.25, 0.3) is 0 Å². The molecule has 0 saturated heterocycles. The van der Waals surface area contributed by atoms with Gasteiger partial charge in [-0.3, -0.25) is 0 Å². The van der Waals surface area contributed by atoms with Crippen molar-refractivity contribution in [2.24, 2.45) is 0 Å². The van der Waals surface area contributed by atoms with Gasteiger partial charge in [0.05, 0.1) is 46.1 Å². The highest BCUT2D eigenvalue weighted by Crippen LogP contribution is 2.29. The van der Waals surface area contributed by atoms with Crippen LogP contribution in [-0.2, 0) is 6.54 Å². The van der Waals surface area contributed by atoms with Crippen LogP contribution >= 0.6 is 11.3 Å². The number of rotatable bonds is 5. The zero-order valence-corrected chi connectivity index (χ0v) is 16.8. The lowest BCUT2D eigenvalue weighted by Crippen LogP contribution is -1.98. The Morgan fingerprint density at radius 1 is 1.03 bits per heavy atom. The van der Waals surface area contributed by atoms with Crippen LogP contribution in [-0.4, -0.2) is 19.3 Å². The highest BCUT2D eigenvalue weighted by molar-refractivity contribution is 7.13. The zero-order valence-electron chi connectivity index (χ0n) is 16.0. The largest absolute Gasteiger partial charge is 0.325 e. The maximum Gasteiger partial charge on any atom is 0.110 e. The van der Waals surface area contributed by atoms with Gasteiger partial charge in [-0.1, -0.05) is 36.4 Å². The Bertz CT molecular complexity index is 1370. The summed E-state index contributed by atoms with van der Waals surface area (Å²) in [6.45, 7) is 0.456. The van der Waals surface area contributed by atoms with Gasteiger partial charge in [-0.15, -0.1) is 11.3 Å². The van der Waals surface area contributed by atoms with Gasteiger partial charge in [-0.05, 0) is 41.8 Å². The Balaban J connectivity index is 1.57. The van der Waals surface area contributed by atoms with E-state index in [0.29, 0.717) is 12.1 Å². The van der Waals surface area contributed by atoms with E-state index in [1.165, 1.54) is 0 Å². The van der Waals surface area contributed by atoms with Crippen LogP contribution in [0.15, 0.2) is 90.2 Å². The van der Waals surface area contributed by atoms with Crippen LogP contribution in [0.1, 0.15) is 5.56 Å². The molecule has 30 heavy (non-hydrogen) atoms. The van der Waals surface area contributed by atoms with Crippen LogP contribution < -0.4 is 0 Å². The second-order valence-electron chi connectivity index (χ2n) is 6.83. The molecule has 0 amide bonds. The second-order valence-corrected chi connectivity index (χ2v) is 7.78. The third kappa shape index (κ3) is 3.43. The molecule has 0 unspecified atom stereocenters. The number of fused-ring (bicyclic) bond motifs is 1. The van der Waals surface area contributed by atoms with Crippen LogP contribution in [0.5, 0.6) is 0 Å². The minimum absolute atomic E-state index is 0.456. The summed E-state index contributed by atoms with van der Waals surface area (Å²) in [4.78, 5) is 5.50. The molecule has 0 fully saturated rings. The number of imidazole rings is 1. The van der Waals surface area contributed by atoms with Gasteiger partial charge in [0.15, 0.2) is 0 Å². The first-order valence-corrected chi connectivity index (χ1v) is 10.4. The number of thiophene rings is 1. The van der Waals surface area contributed by atoms with Crippen LogP contribution in [0.2, 0.25) is 0 Å². The molecule has 3 aromatic heterocycles. The lowest BCUT2D eigenvalue weighted by molar-refractivity contribution is 0.830.